The van der Waals surface area contributed by atoms with Crippen molar-refractivity contribution in [3.63, 3.8) is 0 Å². The molecule has 1 aliphatic heterocycles. The van der Waals surface area contributed by atoms with Gasteiger partial charge in [-0.2, -0.15) is 0 Å². The fourth-order valence-electron chi connectivity index (χ4n) is 4.07. The zero-order valence-electron chi connectivity index (χ0n) is 13.3. The smallest absolute Gasteiger partial charge is 0.318 e. The van der Waals surface area contributed by atoms with Crippen molar-refractivity contribution in [2.24, 2.45) is 5.92 Å². The second-order valence-electron chi connectivity index (χ2n) is 7.15. The highest BCUT2D eigenvalue weighted by molar-refractivity contribution is 7.09. The molecule has 2 aliphatic carbocycles. The first kappa shape index (κ1) is 14.5. The van der Waals surface area contributed by atoms with E-state index in [2.05, 4.69) is 22.5 Å². The summed E-state index contributed by atoms with van der Waals surface area (Å²) in [5.41, 5.74) is 1.03. The van der Waals surface area contributed by atoms with E-state index in [9.17, 15) is 4.79 Å². The number of nitrogens with zero attached hydrogens (tertiary/aromatic N) is 2. The van der Waals surface area contributed by atoms with Gasteiger partial charge in [0.2, 0.25) is 0 Å². The highest BCUT2D eigenvalue weighted by Crippen LogP contribution is 2.42. The van der Waals surface area contributed by atoms with Crippen molar-refractivity contribution in [1.29, 1.82) is 0 Å². The molecule has 3 atom stereocenters. The Morgan fingerprint density at radius 2 is 2.14 bits per heavy atom. The Morgan fingerprint density at radius 1 is 1.32 bits per heavy atom. The molecule has 120 valence electrons. The maximum Gasteiger partial charge on any atom is 0.318 e. The van der Waals surface area contributed by atoms with Crippen LogP contribution in [0.2, 0.25) is 0 Å². The number of hydrogen-bond acceptors (Lipinski definition) is 3. The van der Waals surface area contributed by atoms with Crippen LogP contribution in [0, 0.1) is 5.92 Å². The summed E-state index contributed by atoms with van der Waals surface area (Å²) in [5, 5.41) is 6.56. The van der Waals surface area contributed by atoms with Gasteiger partial charge in [0.1, 0.15) is 0 Å². The number of carbonyl (C=O) groups excluding carboxylic acids is 1. The van der Waals surface area contributed by atoms with Crippen LogP contribution in [0.1, 0.15) is 74.5 Å². The molecule has 0 spiro atoms. The number of amides is 2. The van der Waals surface area contributed by atoms with Crippen LogP contribution in [0.5, 0.6) is 0 Å². The second kappa shape index (κ2) is 5.84. The van der Waals surface area contributed by atoms with Crippen molar-refractivity contribution < 1.29 is 4.79 Å². The molecule has 1 aromatic rings. The van der Waals surface area contributed by atoms with Crippen LogP contribution in [-0.2, 0) is 0 Å². The molecule has 4 nitrogen and oxygen atoms in total. The first-order chi connectivity index (χ1) is 10.7. The van der Waals surface area contributed by atoms with Gasteiger partial charge >= 0.3 is 6.03 Å². The first-order valence-electron chi connectivity index (χ1n) is 8.75. The Morgan fingerprint density at radius 3 is 2.95 bits per heavy atom. The van der Waals surface area contributed by atoms with Gasteiger partial charge in [0.25, 0.3) is 0 Å². The van der Waals surface area contributed by atoms with Gasteiger partial charge in [-0.25, -0.2) is 9.78 Å². The Bertz CT molecular complexity index is 554. The third kappa shape index (κ3) is 2.75. The summed E-state index contributed by atoms with van der Waals surface area (Å²) < 4.78 is 0. The van der Waals surface area contributed by atoms with E-state index in [0.717, 1.165) is 24.6 Å². The lowest BCUT2D eigenvalue weighted by Gasteiger charge is -2.38. The first-order valence-corrected chi connectivity index (χ1v) is 9.63. The summed E-state index contributed by atoms with van der Waals surface area (Å²) in [4.78, 5) is 19.5. The molecular formula is C17H25N3OS. The van der Waals surface area contributed by atoms with E-state index in [0.29, 0.717) is 12.0 Å². The molecule has 3 fully saturated rings. The van der Waals surface area contributed by atoms with E-state index < -0.39 is 0 Å². The molecular weight excluding hydrogens is 294 g/mol. The highest BCUT2D eigenvalue weighted by atomic mass is 32.1. The van der Waals surface area contributed by atoms with Gasteiger partial charge in [0, 0.05) is 23.9 Å². The fourth-order valence-corrected chi connectivity index (χ4v) is 5.15. The van der Waals surface area contributed by atoms with Gasteiger partial charge in [-0.1, -0.05) is 6.42 Å². The van der Waals surface area contributed by atoms with Crippen molar-refractivity contribution in [1.82, 2.24) is 15.2 Å². The minimum atomic E-state index is 0.0121. The van der Waals surface area contributed by atoms with Crippen molar-refractivity contribution in [2.75, 3.05) is 6.54 Å². The van der Waals surface area contributed by atoms with Crippen LogP contribution < -0.4 is 5.32 Å². The summed E-state index contributed by atoms with van der Waals surface area (Å²) in [6, 6.07) is 0.613. The summed E-state index contributed by atoms with van der Waals surface area (Å²) >= 11 is 1.75. The monoisotopic (exact) mass is 319 g/mol. The molecule has 22 heavy (non-hydrogen) atoms. The van der Waals surface area contributed by atoms with Crippen LogP contribution in [-0.4, -0.2) is 28.5 Å². The van der Waals surface area contributed by atoms with E-state index in [1.807, 2.05) is 0 Å². The van der Waals surface area contributed by atoms with E-state index in [1.54, 1.807) is 11.3 Å². The number of piperidine rings is 1. The molecule has 0 unspecified atom stereocenters. The molecule has 3 aliphatic rings. The van der Waals surface area contributed by atoms with Crippen LogP contribution >= 0.6 is 11.3 Å². The van der Waals surface area contributed by atoms with Gasteiger partial charge < -0.3 is 10.2 Å². The van der Waals surface area contributed by atoms with Crippen LogP contribution in [0.25, 0.3) is 0 Å². The van der Waals surface area contributed by atoms with Crippen LogP contribution in [0.3, 0.4) is 0 Å². The normalized spacial score (nSPS) is 29.2. The minimum Gasteiger partial charge on any atom is -0.330 e. The number of aromatic nitrogens is 1. The van der Waals surface area contributed by atoms with Crippen molar-refractivity contribution >= 4 is 17.4 Å². The van der Waals surface area contributed by atoms with E-state index >= 15 is 0 Å². The van der Waals surface area contributed by atoms with Gasteiger partial charge in [0.05, 0.1) is 16.7 Å². The Hall–Kier alpha value is -1.10. The summed E-state index contributed by atoms with van der Waals surface area (Å²) in [6.07, 6.45) is 8.81. The minimum absolute atomic E-state index is 0.0121. The fraction of sp³-hybridized carbons (Fsp3) is 0.765. The molecule has 0 bridgehead atoms. The number of thiazole rings is 1. The second-order valence-corrected chi connectivity index (χ2v) is 8.04. The van der Waals surface area contributed by atoms with Gasteiger partial charge in [-0.05, 0) is 51.4 Å². The number of hydrogen-bond donors (Lipinski definition) is 1. The lowest BCUT2D eigenvalue weighted by Crippen LogP contribution is -2.50. The molecule has 5 heteroatoms. The highest BCUT2D eigenvalue weighted by Gasteiger charge is 2.37. The molecule has 0 radical (unpaired) electrons. The molecule has 1 aromatic heterocycles. The van der Waals surface area contributed by atoms with Crippen molar-refractivity contribution in [2.45, 2.75) is 69.9 Å². The van der Waals surface area contributed by atoms with E-state index in [1.165, 1.54) is 43.5 Å². The maximum absolute atomic E-state index is 12.7. The molecule has 0 aromatic carbocycles. The number of rotatable bonds is 3. The Kier molecular flexibility index (Phi) is 3.84. The van der Waals surface area contributed by atoms with Crippen LogP contribution in [0.4, 0.5) is 4.79 Å². The standard InChI is InChI=1S/C17H25N3OS/c1-11(14-10-22-16(19-14)13-7-8-13)18-17(21)20-9-3-5-12-4-2-6-15(12)20/h10-13,15H,2-9H2,1H3,(H,18,21)/t11-,12-,15-/m0/s1. The molecule has 1 N–H and O–H groups in total. The number of likely N-dealkylation sites (tertiary alicyclic amines) is 1. The Balaban J connectivity index is 1.39. The third-order valence-electron chi connectivity index (χ3n) is 5.50. The third-order valence-corrected chi connectivity index (χ3v) is 6.53. The number of urea groups is 1. The largest absolute Gasteiger partial charge is 0.330 e. The van der Waals surface area contributed by atoms with Crippen molar-refractivity contribution in [3.8, 4) is 0 Å². The lowest BCUT2D eigenvalue weighted by atomic mass is 9.92. The molecule has 1 saturated heterocycles. The van der Waals surface area contributed by atoms with E-state index in [-0.39, 0.29) is 12.1 Å². The Labute approximate surface area is 136 Å². The summed E-state index contributed by atoms with van der Waals surface area (Å²) in [6.45, 7) is 2.98. The number of fused-ring (bicyclic) bond motifs is 1. The average Bonchev–Trinajstić information content (AvgIpc) is 3.06. The predicted molar refractivity (Wildman–Crippen MR) is 88.1 cm³/mol. The van der Waals surface area contributed by atoms with Gasteiger partial charge in [0.15, 0.2) is 0 Å². The zero-order chi connectivity index (χ0) is 15.1. The lowest BCUT2D eigenvalue weighted by molar-refractivity contribution is 0.126. The predicted octanol–water partition coefficient (Wildman–Crippen LogP) is 4.06. The van der Waals surface area contributed by atoms with Gasteiger partial charge in [-0.3, -0.25) is 0 Å². The zero-order valence-corrected chi connectivity index (χ0v) is 14.1. The summed E-state index contributed by atoms with van der Waals surface area (Å²) in [7, 11) is 0. The van der Waals surface area contributed by atoms with Gasteiger partial charge in [-0.15, -0.1) is 11.3 Å². The topological polar surface area (TPSA) is 45.2 Å². The molecule has 2 heterocycles. The molecule has 2 amide bonds. The van der Waals surface area contributed by atoms with Crippen molar-refractivity contribution in [3.05, 3.63) is 16.1 Å². The summed E-state index contributed by atoms with van der Waals surface area (Å²) in [5.74, 6) is 1.44. The molecule has 2 saturated carbocycles. The van der Waals surface area contributed by atoms with E-state index in [4.69, 9.17) is 4.98 Å². The quantitative estimate of drug-likeness (QED) is 0.913. The maximum atomic E-state index is 12.7. The average molecular weight is 319 g/mol. The number of carbonyl (C=O) groups is 1. The SMILES string of the molecule is C[C@H](NC(=O)N1CCC[C@@H]2CCC[C@@H]21)c1csc(C2CC2)n1. The molecule has 4 rings (SSSR count). The van der Waals surface area contributed by atoms with Crippen LogP contribution in [0.15, 0.2) is 5.38 Å². The number of nitrogens with one attached hydrogen (secondary N) is 1.